The van der Waals surface area contributed by atoms with Gasteiger partial charge in [0.1, 0.15) is 0 Å². The second-order valence-electron chi connectivity index (χ2n) is 2.64. The Morgan fingerprint density at radius 2 is 1.62 bits per heavy atom. The second kappa shape index (κ2) is 4.37. The molecule has 0 aliphatic carbocycles. The zero-order chi connectivity index (χ0) is 9.73. The highest BCUT2D eigenvalue weighted by Gasteiger charge is 2.29. The summed E-state index contributed by atoms with van der Waals surface area (Å²) >= 11 is 0. The highest BCUT2D eigenvalue weighted by molar-refractivity contribution is 5.19. The van der Waals surface area contributed by atoms with Crippen LogP contribution >= 0.6 is 0 Å². The van der Waals surface area contributed by atoms with Gasteiger partial charge in [-0.25, -0.2) is 0 Å². The Bertz CT molecular complexity index is 236. The molecule has 72 valence electrons. The standard InChI is InChI=1S/C10H15NO2/c1-11-10(12-2,13-3)9-7-5-4-6-8-9/h4-8,11H,1-3H3. The van der Waals surface area contributed by atoms with Crippen molar-refractivity contribution in [2.75, 3.05) is 21.3 Å². The van der Waals surface area contributed by atoms with Crippen molar-refractivity contribution in [3.63, 3.8) is 0 Å². The molecule has 1 rings (SSSR count). The van der Waals surface area contributed by atoms with E-state index in [-0.39, 0.29) is 0 Å². The van der Waals surface area contributed by atoms with Crippen LogP contribution in [0, 0.1) is 0 Å². The summed E-state index contributed by atoms with van der Waals surface area (Å²) in [5, 5.41) is 2.99. The van der Waals surface area contributed by atoms with Crippen LogP contribution in [0.25, 0.3) is 0 Å². The van der Waals surface area contributed by atoms with Gasteiger partial charge in [-0.1, -0.05) is 30.3 Å². The molecule has 0 atom stereocenters. The molecule has 1 aromatic carbocycles. The fraction of sp³-hybridized carbons (Fsp3) is 0.400. The molecule has 3 nitrogen and oxygen atoms in total. The fourth-order valence-electron chi connectivity index (χ4n) is 1.33. The Morgan fingerprint density at radius 3 is 2.00 bits per heavy atom. The van der Waals surface area contributed by atoms with Crippen molar-refractivity contribution in [1.29, 1.82) is 0 Å². The van der Waals surface area contributed by atoms with E-state index in [1.54, 1.807) is 21.3 Å². The maximum atomic E-state index is 5.29. The molecular formula is C10H15NO2. The minimum atomic E-state index is -0.832. The van der Waals surface area contributed by atoms with Crippen LogP contribution in [0.1, 0.15) is 5.56 Å². The maximum Gasteiger partial charge on any atom is 0.254 e. The predicted molar refractivity (Wildman–Crippen MR) is 51.2 cm³/mol. The summed E-state index contributed by atoms with van der Waals surface area (Å²) in [7, 11) is 5.00. The van der Waals surface area contributed by atoms with E-state index in [4.69, 9.17) is 9.47 Å². The zero-order valence-corrected chi connectivity index (χ0v) is 8.20. The van der Waals surface area contributed by atoms with Gasteiger partial charge in [0.05, 0.1) is 0 Å². The molecule has 0 amide bonds. The SMILES string of the molecule is CNC(OC)(OC)c1ccccc1. The molecule has 1 N–H and O–H groups in total. The number of methoxy groups -OCH3 is 2. The van der Waals surface area contributed by atoms with Crippen LogP contribution in [0.4, 0.5) is 0 Å². The summed E-state index contributed by atoms with van der Waals surface area (Å²) in [6.45, 7) is 0. The molecule has 0 unspecified atom stereocenters. The fourth-order valence-corrected chi connectivity index (χ4v) is 1.33. The van der Waals surface area contributed by atoms with Gasteiger partial charge in [-0.05, 0) is 7.05 Å². The average molecular weight is 181 g/mol. The van der Waals surface area contributed by atoms with Crippen LogP contribution in [0.2, 0.25) is 0 Å². The average Bonchev–Trinajstić information content (AvgIpc) is 2.23. The molecule has 0 heterocycles. The highest BCUT2D eigenvalue weighted by atomic mass is 16.7. The molecule has 13 heavy (non-hydrogen) atoms. The third-order valence-corrected chi connectivity index (χ3v) is 2.06. The number of rotatable bonds is 4. The Labute approximate surface area is 78.7 Å². The van der Waals surface area contributed by atoms with Crippen LogP contribution < -0.4 is 5.32 Å². The first-order valence-corrected chi connectivity index (χ1v) is 4.14. The third kappa shape index (κ3) is 1.88. The van der Waals surface area contributed by atoms with Crippen molar-refractivity contribution in [3.05, 3.63) is 35.9 Å². The molecular weight excluding hydrogens is 166 g/mol. The molecule has 0 aromatic heterocycles. The lowest BCUT2D eigenvalue weighted by molar-refractivity contribution is -0.234. The normalized spacial score (nSPS) is 11.6. The summed E-state index contributed by atoms with van der Waals surface area (Å²) in [6, 6.07) is 9.74. The summed E-state index contributed by atoms with van der Waals surface area (Å²) in [4.78, 5) is 0. The monoisotopic (exact) mass is 181 g/mol. The van der Waals surface area contributed by atoms with Gasteiger partial charge in [-0.3, -0.25) is 5.32 Å². The van der Waals surface area contributed by atoms with Crippen LogP contribution in [0.5, 0.6) is 0 Å². The molecule has 0 fully saturated rings. The van der Waals surface area contributed by atoms with E-state index >= 15 is 0 Å². The predicted octanol–water partition coefficient (Wildman–Crippen LogP) is 1.31. The van der Waals surface area contributed by atoms with Crippen LogP contribution in [-0.4, -0.2) is 21.3 Å². The topological polar surface area (TPSA) is 30.5 Å². The summed E-state index contributed by atoms with van der Waals surface area (Å²) < 4.78 is 10.6. The van der Waals surface area contributed by atoms with Gasteiger partial charge >= 0.3 is 0 Å². The molecule has 0 radical (unpaired) electrons. The summed E-state index contributed by atoms with van der Waals surface area (Å²) in [6.07, 6.45) is 0. The Hall–Kier alpha value is -0.900. The second-order valence-corrected chi connectivity index (χ2v) is 2.64. The van der Waals surface area contributed by atoms with Crippen molar-refractivity contribution >= 4 is 0 Å². The smallest absolute Gasteiger partial charge is 0.254 e. The van der Waals surface area contributed by atoms with Gasteiger partial charge in [0.25, 0.3) is 5.91 Å². The number of hydrogen-bond donors (Lipinski definition) is 1. The number of nitrogens with one attached hydrogen (secondary N) is 1. The van der Waals surface area contributed by atoms with Gasteiger partial charge in [0.15, 0.2) is 0 Å². The van der Waals surface area contributed by atoms with Crippen molar-refractivity contribution < 1.29 is 9.47 Å². The minimum absolute atomic E-state index is 0.832. The summed E-state index contributed by atoms with van der Waals surface area (Å²) in [5.41, 5.74) is 0.947. The maximum absolute atomic E-state index is 5.29. The quantitative estimate of drug-likeness (QED) is 0.710. The highest BCUT2D eigenvalue weighted by Crippen LogP contribution is 2.21. The molecule has 0 saturated carbocycles. The van der Waals surface area contributed by atoms with Crippen molar-refractivity contribution in [3.8, 4) is 0 Å². The first-order chi connectivity index (χ1) is 6.29. The van der Waals surface area contributed by atoms with E-state index in [0.29, 0.717) is 0 Å². The van der Waals surface area contributed by atoms with Gasteiger partial charge < -0.3 is 9.47 Å². The molecule has 0 bridgehead atoms. The van der Waals surface area contributed by atoms with E-state index in [1.807, 2.05) is 30.3 Å². The number of hydrogen-bond acceptors (Lipinski definition) is 3. The van der Waals surface area contributed by atoms with Gasteiger partial charge in [0.2, 0.25) is 0 Å². The van der Waals surface area contributed by atoms with Gasteiger partial charge in [-0.2, -0.15) is 0 Å². The van der Waals surface area contributed by atoms with Gasteiger partial charge in [0, 0.05) is 19.8 Å². The molecule has 0 aliphatic heterocycles. The first kappa shape index (κ1) is 10.2. The number of benzene rings is 1. The molecule has 0 saturated heterocycles. The van der Waals surface area contributed by atoms with Crippen LogP contribution in [-0.2, 0) is 15.4 Å². The van der Waals surface area contributed by atoms with E-state index in [0.717, 1.165) is 5.56 Å². The van der Waals surface area contributed by atoms with Gasteiger partial charge in [-0.15, -0.1) is 0 Å². The van der Waals surface area contributed by atoms with E-state index in [9.17, 15) is 0 Å². The van der Waals surface area contributed by atoms with Crippen molar-refractivity contribution in [2.24, 2.45) is 0 Å². The van der Waals surface area contributed by atoms with E-state index in [2.05, 4.69) is 5.32 Å². The first-order valence-electron chi connectivity index (χ1n) is 4.14. The van der Waals surface area contributed by atoms with Crippen LogP contribution in [0.3, 0.4) is 0 Å². The third-order valence-electron chi connectivity index (χ3n) is 2.06. The lowest BCUT2D eigenvalue weighted by Crippen LogP contribution is -2.43. The van der Waals surface area contributed by atoms with E-state index in [1.165, 1.54) is 0 Å². The molecule has 0 spiro atoms. The van der Waals surface area contributed by atoms with Crippen LogP contribution in [0.15, 0.2) is 30.3 Å². The Morgan fingerprint density at radius 1 is 1.08 bits per heavy atom. The number of ether oxygens (including phenoxy) is 2. The van der Waals surface area contributed by atoms with Crippen molar-refractivity contribution in [2.45, 2.75) is 5.91 Å². The van der Waals surface area contributed by atoms with E-state index < -0.39 is 5.91 Å². The lowest BCUT2D eigenvalue weighted by Gasteiger charge is -2.30. The zero-order valence-electron chi connectivity index (χ0n) is 8.20. The Kier molecular flexibility index (Phi) is 3.42. The van der Waals surface area contributed by atoms with Crippen molar-refractivity contribution in [1.82, 2.24) is 5.32 Å². The Balaban J connectivity index is 3.01. The molecule has 3 heteroatoms. The largest absolute Gasteiger partial charge is 0.337 e. The summed E-state index contributed by atoms with van der Waals surface area (Å²) in [5.74, 6) is -0.832. The minimum Gasteiger partial charge on any atom is -0.337 e. The lowest BCUT2D eigenvalue weighted by atomic mass is 10.1. The molecule has 1 aromatic rings. The molecule has 0 aliphatic rings.